The quantitative estimate of drug-likeness (QED) is 0.554. The smallest absolute Gasteiger partial charge is 0.254 e. The molecule has 1 unspecified atom stereocenters. The zero-order valence-corrected chi connectivity index (χ0v) is 15.2. The Hall–Kier alpha value is -3.69. The van der Waals surface area contributed by atoms with Gasteiger partial charge in [-0.3, -0.25) is 14.4 Å². The summed E-state index contributed by atoms with van der Waals surface area (Å²) in [5.41, 5.74) is 12.0. The number of hydrogen-bond donors (Lipinski definition) is 4. The maximum atomic E-state index is 11.6. The molecule has 0 saturated heterocycles. The summed E-state index contributed by atoms with van der Waals surface area (Å²) < 4.78 is 0. The second kappa shape index (κ2) is 8.13. The van der Waals surface area contributed by atoms with Crippen LogP contribution in [0.25, 0.3) is 0 Å². The van der Waals surface area contributed by atoms with Gasteiger partial charge in [0.05, 0.1) is 0 Å². The molecular weight excluding hydrogens is 350 g/mol. The molecule has 0 aliphatic rings. The molecule has 0 fully saturated rings. The lowest BCUT2D eigenvalue weighted by Gasteiger charge is -2.16. The Balaban J connectivity index is 2.28. The van der Waals surface area contributed by atoms with E-state index < -0.39 is 17.9 Å². The van der Waals surface area contributed by atoms with Gasteiger partial charge in [0.15, 0.2) is 0 Å². The Morgan fingerprint density at radius 2 is 1.78 bits per heavy atom. The number of hydrogen-bond acceptors (Lipinski definition) is 7. The third-order valence-electron chi connectivity index (χ3n) is 3.82. The lowest BCUT2D eigenvalue weighted by Crippen LogP contribution is -2.33. The van der Waals surface area contributed by atoms with Crippen molar-refractivity contribution in [1.29, 1.82) is 0 Å². The van der Waals surface area contributed by atoms with E-state index in [1.54, 1.807) is 38.2 Å². The fourth-order valence-corrected chi connectivity index (χ4v) is 2.08. The molecule has 1 heterocycles. The van der Waals surface area contributed by atoms with E-state index >= 15 is 0 Å². The van der Waals surface area contributed by atoms with Crippen LogP contribution in [-0.2, 0) is 9.59 Å². The Morgan fingerprint density at radius 3 is 2.30 bits per heavy atom. The van der Waals surface area contributed by atoms with Crippen LogP contribution in [0.3, 0.4) is 0 Å². The number of rotatable bonds is 7. The first-order valence-electron chi connectivity index (χ1n) is 8.03. The summed E-state index contributed by atoms with van der Waals surface area (Å²) in [4.78, 5) is 43.9. The second-order valence-electron chi connectivity index (χ2n) is 5.84. The van der Waals surface area contributed by atoms with Crippen molar-refractivity contribution in [3.05, 3.63) is 36.0 Å². The molecule has 0 saturated carbocycles. The first kappa shape index (κ1) is 19.6. The molecule has 1 atom stereocenters. The molecule has 0 aliphatic heterocycles. The summed E-state index contributed by atoms with van der Waals surface area (Å²) in [6.07, 6.45) is 1.26. The molecule has 3 amide bonds. The fraction of sp³-hybridized carbons (Fsp3) is 0.235. The minimum absolute atomic E-state index is 0.0807. The van der Waals surface area contributed by atoms with Crippen LogP contribution in [0.4, 0.5) is 23.1 Å². The number of nitrogens with two attached hydrogens (primary N) is 2. The highest BCUT2D eigenvalue weighted by Crippen LogP contribution is 2.22. The predicted octanol–water partition coefficient (Wildman–Crippen LogP) is 0.588. The molecule has 142 valence electrons. The monoisotopic (exact) mass is 371 g/mol. The van der Waals surface area contributed by atoms with E-state index in [0.717, 1.165) is 0 Å². The molecule has 1 aromatic heterocycles. The number of carbonyl (C=O) groups is 3. The van der Waals surface area contributed by atoms with Crippen LogP contribution in [0.1, 0.15) is 24.2 Å². The van der Waals surface area contributed by atoms with Crippen LogP contribution in [0, 0.1) is 0 Å². The Bertz CT molecular complexity index is 867. The predicted molar refractivity (Wildman–Crippen MR) is 102 cm³/mol. The van der Waals surface area contributed by atoms with Gasteiger partial charge in [-0.2, -0.15) is 4.98 Å². The van der Waals surface area contributed by atoms with Crippen LogP contribution in [0.15, 0.2) is 30.5 Å². The summed E-state index contributed by atoms with van der Waals surface area (Å²) >= 11 is 0. The Kier molecular flexibility index (Phi) is 5.91. The Morgan fingerprint density at radius 1 is 1.15 bits per heavy atom. The molecule has 0 radical (unpaired) electrons. The third kappa shape index (κ3) is 4.91. The van der Waals surface area contributed by atoms with Gasteiger partial charge in [0, 0.05) is 31.5 Å². The van der Waals surface area contributed by atoms with Gasteiger partial charge < -0.3 is 27.0 Å². The van der Waals surface area contributed by atoms with Gasteiger partial charge in [0.1, 0.15) is 17.4 Å². The van der Waals surface area contributed by atoms with Crippen molar-refractivity contribution >= 4 is 40.9 Å². The molecule has 0 spiro atoms. The maximum absolute atomic E-state index is 11.6. The van der Waals surface area contributed by atoms with Crippen molar-refractivity contribution in [3.8, 4) is 0 Å². The van der Waals surface area contributed by atoms with Gasteiger partial charge in [-0.25, -0.2) is 4.98 Å². The van der Waals surface area contributed by atoms with E-state index in [2.05, 4.69) is 20.6 Å². The normalized spacial score (nSPS) is 11.4. The molecule has 2 aromatic rings. The van der Waals surface area contributed by atoms with Crippen molar-refractivity contribution in [1.82, 2.24) is 9.97 Å². The van der Waals surface area contributed by atoms with Gasteiger partial charge in [-0.05, 0) is 31.2 Å². The van der Waals surface area contributed by atoms with Crippen LogP contribution >= 0.6 is 0 Å². The summed E-state index contributed by atoms with van der Waals surface area (Å²) in [6, 6.07) is 6.23. The average molecular weight is 371 g/mol. The highest BCUT2D eigenvalue weighted by atomic mass is 16.2. The van der Waals surface area contributed by atoms with Crippen molar-refractivity contribution in [2.75, 3.05) is 22.6 Å². The average Bonchev–Trinajstić information content (AvgIpc) is 2.61. The van der Waals surface area contributed by atoms with Gasteiger partial charge in [0.25, 0.3) is 5.91 Å². The van der Waals surface area contributed by atoms with E-state index in [0.29, 0.717) is 11.4 Å². The number of primary amides is 2. The summed E-state index contributed by atoms with van der Waals surface area (Å²) in [6.45, 7) is 3.03. The van der Waals surface area contributed by atoms with Crippen molar-refractivity contribution in [2.24, 2.45) is 11.5 Å². The highest BCUT2D eigenvalue weighted by Gasteiger charge is 2.15. The first-order valence-corrected chi connectivity index (χ1v) is 8.03. The van der Waals surface area contributed by atoms with Crippen LogP contribution < -0.4 is 27.0 Å². The molecular formula is C17H21N7O3. The van der Waals surface area contributed by atoms with Crippen molar-refractivity contribution < 1.29 is 14.4 Å². The number of nitrogens with zero attached hydrogens (tertiary/aromatic N) is 3. The number of anilines is 4. The third-order valence-corrected chi connectivity index (χ3v) is 3.82. The Labute approximate surface area is 156 Å². The summed E-state index contributed by atoms with van der Waals surface area (Å²) in [5, 5.41) is 5.72. The highest BCUT2D eigenvalue weighted by molar-refractivity contribution is 5.98. The molecule has 6 N–H and O–H groups in total. The van der Waals surface area contributed by atoms with Gasteiger partial charge >= 0.3 is 0 Å². The van der Waals surface area contributed by atoms with Crippen LogP contribution in [0.2, 0.25) is 0 Å². The van der Waals surface area contributed by atoms with Gasteiger partial charge in [-0.1, -0.05) is 0 Å². The molecule has 1 aromatic carbocycles. The molecule has 27 heavy (non-hydrogen) atoms. The van der Waals surface area contributed by atoms with Crippen LogP contribution in [0.5, 0.6) is 0 Å². The first-order chi connectivity index (χ1) is 12.7. The van der Waals surface area contributed by atoms with Crippen LogP contribution in [-0.4, -0.2) is 40.8 Å². The van der Waals surface area contributed by atoms with E-state index in [1.807, 2.05) is 0 Å². The van der Waals surface area contributed by atoms with E-state index in [1.165, 1.54) is 18.0 Å². The van der Waals surface area contributed by atoms with E-state index in [4.69, 9.17) is 11.5 Å². The fourth-order valence-electron chi connectivity index (χ4n) is 2.08. The molecule has 2 rings (SSSR count). The number of benzene rings is 1. The standard InChI is InChI=1S/C17H21N7O3/c1-9(14(18)26)21-17-20-8-13(15(19)27)16(23-17)22-11-4-6-12(7-5-11)24(3)10(2)25/h4-9H,1-3H3,(H2,18,26)(H2,19,27)(H2,20,21,22,23). The number of nitrogens with one attached hydrogen (secondary N) is 2. The molecule has 10 nitrogen and oxygen atoms in total. The topological polar surface area (TPSA) is 156 Å². The minimum Gasteiger partial charge on any atom is -0.368 e. The maximum Gasteiger partial charge on any atom is 0.254 e. The number of carbonyl (C=O) groups excluding carboxylic acids is 3. The molecule has 0 aliphatic carbocycles. The summed E-state index contributed by atoms with van der Waals surface area (Å²) in [5.74, 6) is -1.09. The zero-order valence-electron chi connectivity index (χ0n) is 15.2. The molecule has 0 bridgehead atoms. The summed E-state index contributed by atoms with van der Waals surface area (Å²) in [7, 11) is 1.66. The lowest BCUT2D eigenvalue weighted by atomic mass is 10.2. The SMILES string of the molecule is CC(=O)N(C)c1ccc(Nc2nc(NC(C)C(N)=O)ncc2C(N)=O)cc1. The molecule has 10 heteroatoms. The van der Waals surface area contributed by atoms with Crippen molar-refractivity contribution in [3.63, 3.8) is 0 Å². The largest absolute Gasteiger partial charge is 0.368 e. The van der Waals surface area contributed by atoms with Gasteiger partial charge in [-0.15, -0.1) is 0 Å². The number of aromatic nitrogens is 2. The minimum atomic E-state index is -0.708. The van der Waals surface area contributed by atoms with E-state index in [9.17, 15) is 14.4 Å². The number of amides is 3. The van der Waals surface area contributed by atoms with Gasteiger partial charge in [0.2, 0.25) is 17.8 Å². The lowest BCUT2D eigenvalue weighted by molar-refractivity contribution is -0.118. The van der Waals surface area contributed by atoms with E-state index in [-0.39, 0.29) is 23.2 Å². The zero-order chi connectivity index (χ0) is 20.1. The van der Waals surface area contributed by atoms with Crippen molar-refractivity contribution in [2.45, 2.75) is 19.9 Å². The second-order valence-corrected chi connectivity index (χ2v) is 5.84.